The third-order valence-corrected chi connectivity index (χ3v) is 2.47. The summed E-state index contributed by atoms with van der Waals surface area (Å²) in [6, 6.07) is 0. The van der Waals surface area contributed by atoms with Crippen molar-refractivity contribution in [3.63, 3.8) is 0 Å². The minimum Gasteiger partial charge on any atom is -0.269 e. The fraction of sp³-hybridized carbons (Fsp3) is 0.700. The number of rotatable bonds is 3. The lowest BCUT2D eigenvalue weighted by molar-refractivity contribution is 0.574. The summed E-state index contributed by atoms with van der Waals surface area (Å²) in [6.07, 6.45) is 5.93. The van der Waals surface area contributed by atoms with Crippen molar-refractivity contribution in [1.82, 2.24) is 9.78 Å². The molecule has 0 N–H and O–H groups in total. The predicted molar refractivity (Wildman–Crippen MR) is 49.2 cm³/mol. The highest BCUT2D eigenvalue weighted by atomic mass is 15.3. The molecule has 2 nitrogen and oxygen atoms in total. The maximum atomic E-state index is 4.38. The van der Waals surface area contributed by atoms with E-state index in [0.29, 0.717) is 0 Å². The van der Waals surface area contributed by atoms with Crippen molar-refractivity contribution >= 4 is 0 Å². The topological polar surface area (TPSA) is 17.8 Å². The van der Waals surface area contributed by atoms with Gasteiger partial charge in [0.1, 0.15) is 0 Å². The van der Waals surface area contributed by atoms with E-state index in [1.165, 1.54) is 30.5 Å². The maximum Gasteiger partial charge on any atom is 0.0521 e. The quantitative estimate of drug-likeness (QED) is 0.671. The Hall–Kier alpha value is -0.790. The molecule has 12 heavy (non-hydrogen) atoms. The number of nitrogens with zero attached hydrogens (tertiary/aromatic N) is 2. The molecule has 0 spiro atoms. The molecular formula is C10H16N2. The predicted octanol–water partition coefficient (Wildman–Crippen LogP) is 2.48. The summed E-state index contributed by atoms with van der Waals surface area (Å²) in [7, 11) is 0. The normalized spacial score (nSPS) is 16.8. The molecule has 0 aromatic carbocycles. The molecular weight excluding hydrogens is 148 g/mol. The van der Waals surface area contributed by atoms with Crippen LogP contribution in [-0.4, -0.2) is 9.78 Å². The molecule has 0 aliphatic heterocycles. The molecule has 1 fully saturated rings. The first-order valence-corrected chi connectivity index (χ1v) is 4.85. The lowest BCUT2D eigenvalue weighted by Gasteiger charge is -2.04. The molecule has 1 heterocycles. The summed E-state index contributed by atoms with van der Waals surface area (Å²) in [5.41, 5.74) is 2.88. The smallest absolute Gasteiger partial charge is 0.0521 e. The van der Waals surface area contributed by atoms with Crippen molar-refractivity contribution in [2.24, 2.45) is 0 Å². The van der Waals surface area contributed by atoms with E-state index in [4.69, 9.17) is 0 Å². The van der Waals surface area contributed by atoms with Crippen molar-refractivity contribution in [3.05, 3.63) is 17.5 Å². The van der Waals surface area contributed by atoms with Gasteiger partial charge in [0, 0.05) is 18.2 Å². The molecule has 0 saturated heterocycles. The van der Waals surface area contributed by atoms with Crippen LogP contribution in [-0.2, 0) is 6.54 Å². The summed E-state index contributed by atoms with van der Waals surface area (Å²) in [6.45, 7) is 5.46. The molecule has 0 bridgehead atoms. The highest BCUT2D eigenvalue weighted by Gasteiger charge is 2.28. The van der Waals surface area contributed by atoms with Gasteiger partial charge >= 0.3 is 0 Å². The highest BCUT2D eigenvalue weighted by molar-refractivity contribution is 5.23. The average Bonchev–Trinajstić information content (AvgIpc) is 2.80. The van der Waals surface area contributed by atoms with Crippen LogP contribution in [0.5, 0.6) is 0 Å². The van der Waals surface area contributed by atoms with Crippen LogP contribution in [0.3, 0.4) is 0 Å². The Kier molecular flexibility index (Phi) is 1.91. The first-order chi connectivity index (χ1) is 5.83. The van der Waals surface area contributed by atoms with Crippen LogP contribution in [0.4, 0.5) is 0 Å². The number of aromatic nitrogens is 2. The van der Waals surface area contributed by atoms with Crippen molar-refractivity contribution in [2.45, 2.75) is 45.6 Å². The molecule has 2 rings (SSSR count). The Balaban J connectivity index is 2.27. The van der Waals surface area contributed by atoms with Crippen LogP contribution in [0.1, 0.15) is 43.4 Å². The van der Waals surface area contributed by atoms with Crippen LogP contribution in [0, 0.1) is 6.92 Å². The summed E-state index contributed by atoms with van der Waals surface area (Å²) < 4.78 is 2.19. The van der Waals surface area contributed by atoms with Crippen LogP contribution < -0.4 is 0 Å². The monoisotopic (exact) mass is 164 g/mol. The zero-order valence-corrected chi connectivity index (χ0v) is 7.88. The largest absolute Gasteiger partial charge is 0.269 e. The van der Waals surface area contributed by atoms with Crippen LogP contribution >= 0.6 is 0 Å². The average molecular weight is 164 g/mol. The van der Waals surface area contributed by atoms with Gasteiger partial charge in [0.25, 0.3) is 0 Å². The van der Waals surface area contributed by atoms with E-state index in [-0.39, 0.29) is 0 Å². The molecule has 1 aromatic heterocycles. The zero-order chi connectivity index (χ0) is 8.55. The number of hydrogen-bond acceptors (Lipinski definition) is 1. The van der Waals surface area contributed by atoms with E-state index in [2.05, 4.69) is 23.6 Å². The Morgan fingerprint density at radius 2 is 2.33 bits per heavy atom. The van der Waals surface area contributed by atoms with Gasteiger partial charge in [-0.15, -0.1) is 0 Å². The second-order valence-corrected chi connectivity index (χ2v) is 3.71. The van der Waals surface area contributed by atoms with Gasteiger partial charge in [0.05, 0.1) is 6.20 Å². The van der Waals surface area contributed by atoms with Gasteiger partial charge < -0.3 is 0 Å². The summed E-state index contributed by atoms with van der Waals surface area (Å²) in [5, 5.41) is 4.38. The van der Waals surface area contributed by atoms with Crippen LogP contribution in [0.2, 0.25) is 0 Å². The summed E-state index contributed by atoms with van der Waals surface area (Å²) in [5.74, 6) is 0.832. The van der Waals surface area contributed by atoms with Crippen molar-refractivity contribution in [3.8, 4) is 0 Å². The molecule has 0 amide bonds. The minimum absolute atomic E-state index is 0.832. The molecule has 1 aromatic rings. The van der Waals surface area contributed by atoms with Gasteiger partial charge in [0.2, 0.25) is 0 Å². The number of hydrogen-bond donors (Lipinski definition) is 0. The second kappa shape index (κ2) is 2.92. The third-order valence-electron chi connectivity index (χ3n) is 2.47. The first-order valence-electron chi connectivity index (χ1n) is 4.85. The van der Waals surface area contributed by atoms with Crippen molar-refractivity contribution in [1.29, 1.82) is 0 Å². The van der Waals surface area contributed by atoms with Crippen molar-refractivity contribution < 1.29 is 0 Å². The minimum atomic E-state index is 0.832. The Morgan fingerprint density at radius 3 is 2.92 bits per heavy atom. The maximum absolute atomic E-state index is 4.38. The molecule has 0 unspecified atom stereocenters. The summed E-state index contributed by atoms with van der Waals surface area (Å²) >= 11 is 0. The fourth-order valence-electron chi connectivity index (χ4n) is 1.77. The van der Waals surface area contributed by atoms with Gasteiger partial charge in [-0.25, -0.2) is 0 Å². The third kappa shape index (κ3) is 1.26. The van der Waals surface area contributed by atoms with E-state index in [1.54, 1.807) is 0 Å². The molecule has 66 valence electrons. The molecule has 0 radical (unpaired) electrons. The van der Waals surface area contributed by atoms with Crippen molar-refractivity contribution in [2.75, 3.05) is 0 Å². The van der Waals surface area contributed by atoms with Gasteiger partial charge in [-0.05, 0) is 31.7 Å². The van der Waals surface area contributed by atoms with E-state index >= 15 is 0 Å². The van der Waals surface area contributed by atoms with Gasteiger partial charge in [0.15, 0.2) is 0 Å². The lowest BCUT2D eigenvalue weighted by atomic mass is 10.2. The Bertz CT molecular complexity index is 271. The molecule has 0 atom stereocenters. The Labute approximate surface area is 73.6 Å². The Morgan fingerprint density at radius 1 is 1.58 bits per heavy atom. The summed E-state index contributed by atoms with van der Waals surface area (Å²) in [4.78, 5) is 0. The molecule has 1 saturated carbocycles. The highest BCUT2D eigenvalue weighted by Crippen LogP contribution is 2.41. The molecule has 2 heteroatoms. The first kappa shape index (κ1) is 7.84. The molecule has 1 aliphatic rings. The van der Waals surface area contributed by atoms with E-state index < -0.39 is 0 Å². The second-order valence-electron chi connectivity index (χ2n) is 3.71. The SMILES string of the molecule is CCCn1ncc(C)c1C1CC1. The van der Waals surface area contributed by atoms with Crippen LogP contribution in [0.25, 0.3) is 0 Å². The lowest BCUT2D eigenvalue weighted by Crippen LogP contribution is -2.03. The number of aryl methyl sites for hydroxylation is 2. The van der Waals surface area contributed by atoms with E-state index in [0.717, 1.165) is 12.5 Å². The molecule has 1 aliphatic carbocycles. The van der Waals surface area contributed by atoms with E-state index in [9.17, 15) is 0 Å². The fourth-order valence-corrected chi connectivity index (χ4v) is 1.77. The van der Waals surface area contributed by atoms with E-state index in [1.807, 2.05) is 6.20 Å². The van der Waals surface area contributed by atoms with Gasteiger partial charge in [-0.1, -0.05) is 6.92 Å². The van der Waals surface area contributed by atoms with Gasteiger partial charge in [-0.3, -0.25) is 4.68 Å². The van der Waals surface area contributed by atoms with Crippen LogP contribution in [0.15, 0.2) is 6.20 Å². The zero-order valence-electron chi connectivity index (χ0n) is 7.88. The standard InChI is InChI=1S/C10H16N2/c1-3-6-12-10(9-4-5-9)8(2)7-11-12/h7,9H,3-6H2,1-2H3. The van der Waals surface area contributed by atoms with Gasteiger partial charge in [-0.2, -0.15) is 5.10 Å².